The first-order chi connectivity index (χ1) is 9.22. The van der Waals surface area contributed by atoms with E-state index in [0.717, 1.165) is 24.3 Å². The summed E-state index contributed by atoms with van der Waals surface area (Å²) in [6.45, 7) is 1.51. The number of aliphatic hydroxyl groups is 1. The van der Waals surface area contributed by atoms with Gasteiger partial charge in [0, 0.05) is 24.5 Å². The molecule has 1 N–H and O–H groups in total. The van der Waals surface area contributed by atoms with Crippen LogP contribution >= 0.6 is 11.6 Å². The van der Waals surface area contributed by atoms with Gasteiger partial charge < -0.3 is 14.6 Å². The van der Waals surface area contributed by atoms with Gasteiger partial charge in [-0.2, -0.15) is 0 Å². The van der Waals surface area contributed by atoms with E-state index in [0.29, 0.717) is 19.1 Å². The topological polar surface area (TPSA) is 38.7 Å². The van der Waals surface area contributed by atoms with Crippen LogP contribution in [0.2, 0.25) is 5.02 Å². The fourth-order valence-corrected chi connectivity index (χ4v) is 3.48. The average Bonchev–Trinajstić information content (AvgIpc) is 2.88. The van der Waals surface area contributed by atoms with E-state index < -0.39 is 5.79 Å². The van der Waals surface area contributed by atoms with Crippen molar-refractivity contribution in [2.45, 2.75) is 31.0 Å². The number of rotatable bonds is 2. The third-order valence-electron chi connectivity index (χ3n) is 4.32. The van der Waals surface area contributed by atoms with Gasteiger partial charge in [-0.1, -0.05) is 23.7 Å². The molecular formula is C15H19ClO3. The number of ether oxygens (including phenoxy) is 2. The maximum Gasteiger partial charge on any atom is 0.168 e. The minimum atomic E-state index is -0.434. The third-order valence-corrected chi connectivity index (χ3v) is 4.58. The average molecular weight is 283 g/mol. The highest BCUT2D eigenvalue weighted by atomic mass is 35.5. The van der Waals surface area contributed by atoms with Crippen molar-refractivity contribution < 1.29 is 14.6 Å². The van der Waals surface area contributed by atoms with Crippen LogP contribution in [0.1, 0.15) is 30.7 Å². The number of hydrogen-bond donors (Lipinski definition) is 1. The first-order valence-corrected chi connectivity index (χ1v) is 7.24. The maximum atomic E-state index is 9.68. The van der Waals surface area contributed by atoms with Crippen molar-refractivity contribution in [2.24, 2.45) is 5.92 Å². The fraction of sp³-hybridized carbons (Fsp3) is 0.600. The summed E-state index contributed by atoms with van der Waals surface area (Å²) in [5.41, 5.74) is 1.25. The van der Waals surface area contributed by atoms with Crippen molar-refractivity contribution >= 4 is 11.6 Å². The highest BCUT2D eigenvalue weighted by molar-refractivity contribution is 6.30. The molecule has 1 aromatic rings. The van der Waals surface area contributed by atoms with Gasteiger partial charge in [0.2, 0.25) is 0 Å². The van der Waals surface area contributed by atoms with Gasteiger partial charge in [-0.25, -0.2) is 0 Å². The summed E-state index contributed by atoms with van der Waals surface area (Å²) in [5, 5.41) is 10.4. The summed E-state index contributed by atoms with van der Waals surface area (Å²) in [6.07, 6.45) is 2.65. The molecule has 2 aliphatic rings. The van der Waals surface area contributed by atoms with E-state index in [1.807, 2.05) is 12.1 Å². The largest absolute Gasteiger partial charge is 0.396 e. The summed E-state index contributed by atoms with van der Waals surface area (Å²) in [7, 11) is 0. The highest BCUT2D eigenvalue weighted by Crippen LogP contribution is 2.45. The van der Waals surface area contributed by atoms with E-state index >= 15 is 0 Å². The zero-order valence-corrected chi connectivity index (χ0v) is 11.6. The molecule has 0 radical (unpaired) electrons. The van der Waals surface area contributed by atoms with Crippen LogP contribution in [0.4, 0.5) is 0 Å². The third kappa shape index (κ3) is 2.65. The molecule has 19 heavy (non-hydrogen) atoms. The molecule has 1 aliphatic carbocycles. The Bertz CT molecular complexity index is 426. The maximum absolute atomic E-state index is 9.68. The van der Waals surface area contributed by atoms with Crippen LogP contribution in [-0.4, -0.2) is 30.7 Å². The lowest BCUT2D eigenvalue weighted by Crippen LogP contribution is -2.40. The first-order valence-electron chi connectivity index (χ1n) is 6.87. The molecule has 1 aromatic carbocycles. The molecule has 1 heterocycles. The monoisotopic (exact) mass is 282 g/mol. The van der Waals surface area contributed by atoms with Crippen LogP contribution in [0.5, 0.6) is 0 Å². The Kier molecular flexibility index (Phi) is 3.81. The van der Waals surface area contributed by atoms with Gasteiger partial charge in [-0.3, -0.25) is 0 Å². The number of halogens is 1. The van der Waals surface area contributed by atoms with E-state index in [1.165, 1.54) is 5.56 Å². The predicted octanol–water partition coefficient (Wildman–Crippen LogP) is 2.96. The summed E-state index contributed by atoms with van der Waals surface area (Å²) in [5.74, 6) is 0.116. The zero-order valence-electron chi connectivity index (χ0n) is 10.8. The Morgan fingerprint density at radius 2 is 1.89 bits per heavy atom. The van der Waals surface area contributed by atoms with E-state index in [9.17, 15) is 5.11 Å². The molecule has 1 spiro atoms. The van der Waals surface area contributed by atoms with Crippen molar-refractivity contribution in [1.29, 1.82) is 0 Å². The summed E-state index contributed by atoms with van der Waals surface area (Å²) < 4.78 is 11.5. The van der Waals surface area contributed by atoms with Crippen molar-refractivity contribution in [2.75, 3.05) is 19.8 Å². The van der Waals surface area contributed by atoms with Gasteiger partial charge in [-0.05, 0) is 36.0 Å². The molecule has 104 valence electrons. The SMILES string of the molecule is OCC1CC2(CC[C@H]1c1ccc(Cl)cc1)OCCO2. The Morgan fingerprint density at radius 1 is 1.21 bits per heavy atom. The van der Waals surface area contributed by atoms with Crippen LogP contribution < -0.4 is 0 Å². The normalized spacial score (nSPS) is 29.8. The molecule has 0 bridgehead atoms. The van der Waals surface area contributed by atoms with E-state index in [1.54, 1.807) is 0 Å². The van der Waals surface area contributed by atoms with Gasteiger partial charge in [0.15, 0.2) is 5.79 Å². The molecule has 2 fully saturated rings. The quantitative estimate of drug-likeness (QED) is 0.906. The standard InChI is InChI=1S/C15H19ClO3/c16-13-3-1-11(2-4-13)14-5-6-15(9-12(14)10-17)18-7-8-19-15/h1-4,12,14,17H,5-10H2/t12?,14-/m0/s1. The van der Waals surface area contributed by atoms with Gasteiger partial charge in [0.25, 0.3) is 0 Å². The van der Waals surface area contributed by atoms with Gasteiger partial charge in [0.1, 0.15) is 0 Å². The number of benzene rings is 1. The molecule has 1 saturated carbocycles. The van der Waals surface area contributed by atoms with Crippen LogP contribution in [0.15, 0.2) is 24.3 Å². The summed E-state index contributed by atoms with van der Waals surface area (Å²) >= 11 is 5.93. The van der Waals surface area contributed by atoms with Crippen molar-refractivity contribution in [3.05, 3.63) is 34.9 Å². The molecule has 0 aromatic heterocycles. The van der Waals surface area contributed by atoms with Crippen molar-refractivity contribution in [3.8, 4) is 0 Å². The Balaban J connectivity index is 1.78. The number of aliphatic hydroxyl groups excluding tert-OH is 1. The Morgan fingerprint density at radius 3 is 2.53 bits per heavy atom. The highest BCUT2D eigenvalue weighted by Gasteiger charge is 2.45. The second-order valence-corrected chi connectivity index (χ2v) is 5.89. The molecule has 4 heteroatoms. The van der Waals surface area contributed by atoms with Gasteiger partial charge in [0.05, 0.1) is 13.2 Å². The van der Waals surface area contributed by atoms with E-state index in [4.69, 9.17) is 21.1 Å². The molecule has 2 atom stereocenters. The smallest absolute Gasteiger partial charge is 0.168 e. The Labute approximate surface area is 118 Å². The predicted molar refractivity (Wildman–Crippen MR) is 73.3 cm³/mol. The molecule has 1 aliphatic heterocycles. The first kappa shape index (κ1) is 13.4. The fourth-order valence-electron chi connectivity index (χ4n) is 3.35. The second kappa shape index (κ2) is 5.41. The molecule has 1 unspecified atom stereocenters. The van der Waals surface area contributed by atoms with Crippen molar-refractivity contribution in [1.82, 2.24) is 0 Å². The minimum absolute atomic E-state index is 0.168. The lowest BCUT2D eigenvalue weighted by Gasteiger charge is -2.40. The molecule has 0 amide bonds. The lowest BCUT2D eigenvalue weighted by atomic mass is 9.73. The summed E-state index contributed by atoms with van der Waals surface area (Å²) in [4.78, 5) is 0. The van der Waals surface area contributed by atoms with E-state index in [-0.39, 0.29) is 12.5 Å². The summed E-state index contributed by atoms with van der Waals surface area (Å²) in [6, 6.07) is 7.95. The van der Waals surface area contributed by atoms with Crippen molar-refractivity contribution in [3.63, 3.8) is 0 Å². The van der Waals surface area contributed by atoms with E-state index in [2.05, 4.69) is 12.1 Å². The van der Waals surface area contributed by atoms with Crippen LogP contribution in [0, 0.1) is 5.92 Å². The lowest BCUT2D eigenvalue weighted by molar-refractivity contribution is -0.192. The van der Waals surface area contributed by atoms with Gasteiger partial charge >= 0.3 is 0 Å². The van der Waals surface area contributed by atoms with Crippen LogP contribution in [0.3, 0.4) is 0 Å². The molecule has 3 nitrogen and oxygen atoms in total. The minimum Gasteiger partial charge on any atom is -0.396 e. The van der Waals surface area contributed by atoms with Crippen LogP contribution in [-0.2, 0) is 9.47 Å². The van der Waals surface area contributed by atoms with Gasteiger partial charge in [-0.15, -0.1) is 0 Å². The number of hydrogen-bond acceptors (Lipinski definition) is 3. The zero-order chi connectivity index (χ0) is 13.3. The van der Waals surface area contributed by atoms with Crippen LogP contribution in [0.25, 0.3) is 0 Å². The molecule has 1 saturated heterocycles. The molecule has 3 rings (SSSR count). The Hall–Kier alpha value is -0.610. The molecular weight excluding hydrogens is 264 g/mol. The second-order valence-electron chi connectivity index (χ2n) is 5.45.